The van der Waals surface area contributed by atoms with Crippen LogP contribution in [0, 0.1) is 0 Å². The van der Waals surface area contributed by atoms with Gasteiger partial charge < -0.3 is 4.74 Å². The van der Waals surface area contributed by atoms with Gasteiger partial charge in [-0.2, -0.15) is 0 Å². The van der Waals surface area contributed by atoms with Gasteiger partial charge in [0, 0.05) is 24.5 Å². The second-order valence-corrected chi connectivity index (χ2v) is 6.33. The maximum Gasteiger partial charge on any atom is 0.138 e. The van der Waals surface area contributed by atoms with Crippen molar-refractivity contribution in [3.63, 3.8) is 0 Å². The van der Waals surface area contributed by atoms with Gasteiger partial charge in [-0.15, -0.1) is 0 Å². The Hall–Kier alpha value is -2.66. The molecule has 1 aliphatic heterocycles. The van der Waals surface area contributed by atoms with Crippen LogP contribution in [0.15, 0.2) is 61.2 Å². The highest BCUT2D eigenvalue weighted by atomic mass is 16.5. The summed E-state index contributed by atoms with van der Waals surface area (Å²) in [7, 11) is 1.73. The number of likely N-dealkylation sites (tertiary alicyclic amines) is 1. The molecule has 1 saturated heterocycles. The molecule has 4 rings (SSSR count). The van der Waals surface area contributed by atoms with E-state index in [1.807, 2.05) is 29.0 Å². The van der Waals surface area contributed by atoms with Gasteiger partial charge in [0.15, 0.2) is 0 Å². The number of nitrogens with zero attached hydrogens (tertiary/aromatic N) is 4. The van der Waals surface area contributed by atoms with Crippen LogP contribution in [0.25, 0.3) is 5.82 Å². The summed E-state index contributed by atoms with van der Waals surface area (Å²) in [5.41, 5.74) is 2.35. The Bertz CT molecular complexity index is 831. The fourth-order valence-corrected chi connectivity index (χ4v) is 3.57. The zero-order chi connectivity index (χ0) is 17.1. The summed E-state index contributed by atoms with van der Waals surface area (Å²) in [4.78, 5) is 11.5. The predicted octanol–water partition coefficient (Wildman–Crippen LogP) is 3.61. The van der Waals surface area contributed by atoms with Crippen molar-refractivity contribution >= 4 is 0 Å². The minimum Gasteiger partial charge on any atom is -0.496 e. The van der Waals surface area contributed by atoms with E-state index >= 15 is 0 Å². The molecule has 0 amide bonds. The normalized spacial score (nSPS) is 17.7. The Morgan fingerprint density at radius 2 is 2.08 bits per heavy atom. The zero-order valence-corrected chi connectivity index (χ0v) is 14.4. The first-order chi connectivity index (χ1) is 12.3. The highest BCUT2D eigenvalue weighted by Gasteiger charge is 2.27. The molecule has 128 valence electrons. The van der Waals surface area contributed by atoms with Crippen LogP contribution in [0.2, 0.25) is 0 Å². The first-order valence-electron chi connectivity index (χ1n) is 8.66. The molecular weight excluding hydrogens is 312 g/mol. The third kappa shape index (κ3) is 3.28. The van der Waals surface area contributed by atoms with Crippen molar-refractivity contribution in [1.29, 1.82) is 0 Å². The molecule has 2 aromatic heterocycles. The monoisotopic (exact) mass is 334 g/mol. The molecule has 1 atom stereocenters. The predicted molar refractivity (Wildman–Crippen MR) is 96.7 cm³/mol. The minimum absolute atomic E-state index is 0.341. The van der Waals surface area contributed by atoms with Crippen molar-refractivity contribution in [2.45, 2.75) is 25.4 Å². The van der Waals surface area contributed by atoms with Crippen LogP contribution in [0.4, 0.5) is 0 Å². The highest BCUT2D eigenvalue weighted by Crippen LogP contribution is 2.33. The molecule has 0 N–H and O–H groups in total. The topological polar surface area (TPSA) is 43.2 Å². The van der Waals surface area contributed by atoms with Crippen molar-refractivity contribution in [3.05, 3.63) is 72.4 Å². The van der Waals surface area contributed by atoms with Crippen LogP contribution in [0.5, 0.6) is 5.75 Å². The molecule has 0 aliphatic carbocycles. The largest absolute Gasteiger partial charge is 0.496 e. The van der Waals surface area contributed by atoms with E-state index in [0.717, 1.165) is 36.8 Å². The van der Waals surface area contributed by atoms with Gasteiger partial charge in [-0.05, 0) is 37.6 Å². The molecule has 1 fully saturated rings. The molecule has 1 unspecified atom stereocenters. The second kappa shape index (κ2) is 7.07. The highest BCUT2D eigenvalue weighted by molar-refractivity contribution is 5.33. The number of hydrogen-bond acceptors (Lipinski definition) is 4. The van der Waals surface area contributed by atoms with Crippen molar-refractivity contribution in [3.8, 4) is 11.6 Å². The molecule has 25 heavy (non-hydrogen) atoms. The van der Waals surface area contributed by atoms with Crippen LogP contribution in [0.1, 0.15) is 30.1 Å². The lowest BCUT2D eigenvalue weighted by Crippen LogP contribution is -2.24. The molecule has 5 heteroatoms. The molecule has 3 heterocycles. The summed E-state index contributed by atoms with van der Waals surface area (Å²) in [6.45, 7) is 1.96. The summed E-state index contributed by atoms with van der Waals surface area (Å²) < 4.78 is 7.46. The summed E-state index contributed by atoms with van der Waals surface area (Å²) >= 11 is 0. The quantitative estimate of drug-likeness (QED) is 0.715. The third-order valence-corrected chi connectivity index (χ3v) is 4.80. The van der Waals surface area contributed by atoms with Crippen LogP contribution in [0.3, 0.4) is 0 Å². The fourth-order valence-electron chi connectivity index (χ4n) is 3.57. The number of para-hydroxylation sites is 1. The molecule has 5 nitrogen and oxygen atoms in total. The van der Waals surface area contributed by atoms with Gasteiger partial charge in [-0.1, -0.05) is 24.3 Å². The van der Waals surface area contributed by atoms with E-state index in [9.17, 15) is 0 Å². The Morgan fingerprint density at radius 1 is 1.16 bits per heavy atom. The maximum atomic E-state index is 5.51. The Balaban J connectivity index is 1.58. The fraction of sp³-hybridized carbons (Fsp3) is 0.300. The van der Waals surface area contributed by atoms with Crippen LogP contribution < -0.4 is 4.74 Å². The SMILES string of the molecule is COc1ccccc1CN1CCCC1c1cccc(-n2ccnc2)n1. The number of pyridine rings is 1. The molecule has 1 aromatic carbocycles. The maximum absolute atomic E-state index is 5.51. The molecular formula is C20H22N4O. The average molecular weight is 334 g/mol. The van der Waals surface area contributed by atoms with E-state index < -0.39 is 0 Å². The summed E-state index contributed by atoms with van der Waals surface area (Å²) in [5.74, 6) is 1.87. The van der Waals surface area contributed by atoms with E-state index in [4.69, 9.17) is 9.72 Å². The smallest absolute Gasteiger partial charge is 0.138 e. The van der Waals surface area contributed by atoms with E-state index in [2.05, 4.69) is 34.1 Å². The number of benzene rings is 1. The van der Waals surface area contributed by atoms with E-state index in [0.29, 0.717) is 6.04 Å². The molecule has 0 radical (unpaired) electrons. The standard InChI is InChI=1S/C20H22N4O/c1-25-19-9-3-2-6-16(19)14-23-12-5-8-18(23)17-7-4-10-20(22-17)24-13-11-21-15-24/h2-4,6-7,9-11,13,15,18H,5,8,12,14H2,1H3. The van der Waals surface area contributed by atoms with Crippen molar-refractivity contribution < 1.29 is 4.74 Å². The number of hydrogen-bond donors (Lipinski definition) is 0. The molecule has 0 saturated carbocycles. The summed E-state index contributed by atoms with van der Waals surface area (Å²) in [5, 5.41) is 0. The number of aromatic nitrogens is 3. The molecule has 0 spiro atoms. The Labute approximate surface area is 147 Å². The van der Waals surface area contributed by atoms with Gasteiger partial charge in [-0.25, -0.2) is 9.97 Å². The first kappa shape index (κ1) is 15.8. The minimum atomic E-state index is 0.341. The van der Waals surface area contributed by atoms with Crippen molar-refractivity contribution in [2.24, 2.45) is 0 Å². The van der Waals surface area contributed by atoms with E-state index in [1.165, 1.54) is 12.0 Å². The summed E-state index contributed by atoms with van der Waals surface area (Å²) in [6, 6.07) is 14.8. The number of rotatable bonds is 5. The van der Waals surface area contributed by atoms with Crippen LogP contribution >= 0.6 is 0 Å². The number of methoxy groups -OCH3 is 1. The second-order valence-electron chi connectivity index (χ2n) is 6.33. The number of imidazole rings is 1. The Kier molecular flexibility index (Phi) is 4.48. The van der Waals surface area contributed by atoms with Crippen LogP contribution in [-0.2, 0) is 6.54 Å². The Morgan fingerprint density at radius 3 is 2.92 bits per heavy atom. The van der Waals surface area contributed by atoms with Gasteiger partial charge in [0.05, 0.1) is 18.8 Å². The van der Waals surface area contributed by atoms with E-state index in [-0.39, 0.29) is 0 Å². The molecule has 1 aliphatic rings. The van der Waals surface area contributed by atoms with Gasteiger partial charge in [0.2, 0.25) is 0 Å². The average Bonchev–Trinajstić information content (AvgIpc) is 3.34. The van der Waals surface area contributed by atoms with Crippen molar-refractivity contribution in [1.82, 2.24) is 19.4 Å². The summed E-state index contributed by atoms with van der Waals surface area (Å²) in [6.07, 6.45) is 7.81. The van der Waals surface area contributed by atoms with Gasteiger partial charge in [0.1, 0.15) is 17.9 Å². The lowest BCUT2D eigenvalue weighted by atomic mass is 10.1. The van der Waals surface area contributed by atoms with E-state index in [1.54, 1.807) is 19.6 Å². The lowest BCUT2D eigenvalue weighted by Gasteiger charge is -2.25. The zero-order valence-electron chi connectivity index (χ0n) is 14.4. The number of ether oxygens (including phenoxy) is 1. The first-order valence-corrected chi connectivity index (χ1v) is 8.66. The van der Waals surface area contributed by atoms with Crippen molar-refractivity contribution in [2.75, 3.05) is 13.7 Å². The van der Waals surface area contributed by atoms with Gasteiger partial charge in [0.25, 0.3) is 0 Å². The van der Waals surface area contributed by atoms with Gasteiger partial charge >= 0.3 is 0 Å². The van der Waals surface area contributed by atoms with Crippen LogP contribution in [-0.4, -0.2) is 33.1 Å². The lowest BCUT2D eigenvalue weighted by molar-refractivity contribution is 0.240. The molecule has 3 aromatic rings. The van der Waals surface area contributed by atoms with Gasteiger partial charge in [-0.3, -0.25) is 9.47 Å². The third-order valence-electron chi connectivity index (χ3n) is 4.80. The molecule has 0 bridgehead atoms.